The molecule has 1 fully saturated rings. The van der Waals surface area contributed by atoms with Crippen LogP contribution in [-0.2, 0) is 4.79 Å². The van der Waals surface area contributed by atoms with Crippen LogP contribution >= 0.6 is 15.9 Å². The summed E-state index contributed by atoms with van der Waals surface area (Å²) >= 11 is 3.17. The predicted octanol–water partition coefficient (Wildman–Crippen LogP) is 2.23. The van der Waals surface area contributed by atoms with Crippen LogP contribution in [0.5, 0.6) is 0 Å². The number of carbonyl (C=O) groups excluding carboxylic acids is 1. The van der Waals surface area contributed by atoms with Gasteiger partial charge in [-0.15, -0.1) is 0 Å². The zero-order valence-corrected chi connectivity index (χ0v) is 12.9. The van der Waals surface area contributed by atoms with Gasteiger partial charge in [-0.3, -0.25) is 9.69 Å². The Morgan fingerprint density at radius 3 is 2.85 bits per heavy atom. The summed E-state index contributed by atoms with van der Waals surface area (Å²) in [7, 11) is 1.85. The Kier molecular flexibility index (Phi) is 5.12. The van der Waals surface area contributed by atoms with Gasteiger partial charge in [0.25, 0.3) is 0 Å². The molecule has 1 amide bonds. The molecule has 1 aromatic rings. The fraction of sp³-hybridized carbons (Fsp3) is 0.500. The van der Waals surface area contributed by atoms with E-state index in [-0.39, 0.29) is 24.2 Å². The maximum atomic E-state index is 13.6. The minimum Gasteiger partial charge on any atom is -0.393 e. The minimum atomic E-state index is -0.461. The normalized spacial score (nSPS) is 21.6. The van der Waals surface area contributed by atoms with Crippen molar-refractivity contribution in [1.82, 2.24) is 4.90 Å². The standard InChI is InChI=1S/C14H18BrFN2O2/c1-18(7-9-4-11(19)5-9)8-14(20)17-13-3-2-10(15)6-12(13)16/h2-3,6,9,11,19H,4-5,7-8H2,1H3,(H,17,20). The Morgan fingerprint density at radius 2 is 2.25 bits per heavy atom. The molecule has 20 heavy (non-hydrogen) atoms. The van der Waals surface area contributed by atoms with Crippen LogP contribution < -0.4 is 5.32 Å². The summed E-state index contributed by atoms with van der Waals surface area (Å²) in [5, 5.41) is 11.8. The molecular weight excluding hydrogens is 327 g/mol. The maximum absolute atomic E-state index is 13.6. The van der Waals surface area contributed by atoms with E-state index in [0.717, 1.165) is 19.4 Å². The van der Waals surface area contributed by atoms with E-state index in [0.29, 0.717) is 10.4 Å². The minimum absolute atomic E-state index is 0.181. The number of hydrogen-bond acceptors (Lipinski definition) is 3. The van der Waals surface area contributed by atoms with Crippen LogP contribution in [0, 0.1) is 11.7 Å². The molecule has 2 rings (SSSR count). The zero-order chi connectivity index (χ0) is 14.7. The Labute approximate surface area is 126 Å². The monoisotopic (exact) mass is 344 g/mol. The molecule has 0 radical (unpaired) electrons. The second-order valence-electron chi connectivity index (χ2n) is 5.36. The zero-order valence-electron chi connectivity index (χ0n) is 11.3. The lowest BCUT2D eigenvalue weighted by atomic mass is 9.82. The number of amides is 1. The Balaban J connectivity index is 1.79. The summed E-state index contributed by atoms with van der Waals surface area (Å²) in [6, 6.07) is 4.52. The average Bonchev–Trinajstić information content (AvgIpc) is 2.30. The smallest absolute Gasteiger partial charge is 0.238 e. The molecule has 1 saturated carbocycles. The third kappa shape index (κ3) is 4.26. The predicted molar refractivity (Wildman–Crippen MR) is 79.0 cm³/mol. The molecule has 0 unspecified atom stereocenters. The number of aliphatic hydroxyl groups is 1. The van der Waals surface area contributed by atoms with Gasteiger partial charge < -0.3 is 10.4 Å². The van der Waals surface area contributed by atoms with E-state index < -0.39 is 5.82 Å². The van der Waals surface area contributed by atoms with Crippen LogP contribution in [-0.4, -0.2) is 42.2 Å². The number of aliphatic hydroxyl groups excluding tert-OH is 1. The Hall–Kier alpha value is -0.980. The quantitative estimate of drug-likeness (QED) is 0.861. The number of likely N-dealkylation sites (N-methyl/N-ethyl adjacent to an activating group) is 1. The first kappa shape index (κ1) is 15.4. The van der Waals surface area contributed by atoms with Gasteiger partial charge in [0.05, 0.1) is 18.3 Å². The van der Waals surface area contributed by atoms with E-state index in [1.807, 2.05) is 11.9 Å². The van der Waals surface area contributed by atoms with Crippen molar-refractivity contribution >= 4 is 27.5 Å². The van der Waals surface area contributed by atoms with Gasteiger partial charge in [-0.25, -0.2) is 4.39 Å². The first-order valence-electron chi connectivity index (χ1n) is 6.55. The van der Waals surface area contributed by atoms with Gasteiger partial charge in [-0.2, -0.15) is 0 Å². The van der Waals surface area contributed by atoms with E-state index in [1.54, 1.807) is 6.07 Å². The molecule has 0 spiro atoms. The summed E-state index contributed by atoms with van der Waals surface area (Å²) in [5.74, 6) is -0.252. The fourth-order valence-electron chi connectivity index (χ4n) is 2.38. The number of anilines is 1. The highest BCUT2D eigenvalue weighted by atomic mass is 79.9. The second kappa shape index (κ2) is 6.65. The summed E-state index contributed by atoms with van der Waals surface area (Å²) in [6.07, 6.45) is 1.42. The van der Waals surface area contributed by atoms with Gasteiger partial charge in [0, 0.05) is 11.0 Å². The maximum Gasteiger partial charge on any atom is 0.238 e. The molecule has 0 saturated heterocycles. The lowest BCUT2D eigenvalue weighted by molar-refractivity contribution is -0.117. The van der Waals surface area contributed by atoms with Gasteiger partial charge in [0.2, 0.25) is 5.91 Å². The molecule has 0 atom stereocenters. The third-order valence-electron chi connectivity index (χ3n) is 3.40. The topological polar surface area (TPSA) is 52.6 Å². The first-order chi connectivity index (χ1) is 9.44. The van der Waals surface area contributed by atoms with Crippen molar-refractivity contribution in [3.63, 3.8) is 0 Å². The van der Waals surface area contributed by atoms with Crippen LogP contribution in [0.1, 0.15) is 12.8 Å². The van der Waals surface area contributed by atoms with Crippen LogP contribution in [0.4, 0.5) is 10.1 Å². The number of rotatable bonds is 5. The fourth-order valence-corrected chi connectivity index (χ4v) is 2.71. The number of nitrogens with zero attached hydrogens (tertiary/aromatic N) is 1. The van der Waals surface area contributed by atoms with Crippen molar-refractivity contribution < 1.29 is 14.3 Å². The molecule has 0 aromatic heterocycles. The third-order valence-corrected chi connectivity index (χ3v) is 3.89. The Morgan fingerprint density at radius 1 is 1.55 bits per heavy atom. The highest BCUT2D eigenvalue weighted by Gasteiger charge is 2.28. The summed E-state index contributed by atoms with van der Waals surface area (Å²) < 4.78 is 14.2. The molecule has 6 heteroatoms. The van der Waals surface area contributed by atoms with Crippen molar-refractivity contribution in [3.8, 4) is 0 Å². The van der Waals surface area contributed by atoms with Crippen molar-refractivity contribution in [2.75, 3.05) is 25.5 Å². The molecule has 1 aromatic carbocycles. The lowest BCUT2D eigenvalue weighted by Crippen LogP contribution is -2.40. The van der Waals surface area contributed by atoms with E-state index in [9.17, 15) is 14.3 Å². The van der Waals surface area contributed by atoms with Gasteiger partial charge in [0.1, 0.15) is 5.82 Å². The van der Waals surface area contributed by atoms with E-state index in [4.69, 9.17) is 0 Å². The second-order valence-corrected chi connectivity index (χ2v) is 6.28. The van der Waals surface area contributed by atoms with Crippen LogP contribution in [0.3, 0.4) is 0 Å². The highest BCUT2D eigenvalue weighted by molar-refractivity contribution is 9.10. The van der Waals surface area contributed by atoms with Crippen LogP contribution in [0.2, 0.25) is 0 Å². The van der Waals surface area contributed by atoms with Gasteiger partial charge in [-0.05, 0) is 44.0 Å². The number of nitrogens with one attached hydrogen (secondary N) is 1. The molecule has 0 heterocycles. The summed E-state index contributed by atoms with van der Waals surface area (Å²) in [4.78, 5) is 13.7. The molecule has 1 aliphatic carbocycles. The number of halogens is 2. The molecule has 1 aliphatic rings. The summed E-state index contributed by atoms with van der Waals surface area (Å²) in [5.41, 5.74) is 0.186. The van der Waals surface area contributed by atoms with E-state index in [2.05, 4.69) is 21.2 Å². The van der Waals surface area contributed by atoms with Crippen molar-refractivity contribution in [1.29, 1.82) is 0 Å². The molecule has 0 bridgehead atoms. The number of benzene rings is 1. The van der Waals surface area contributed by atoms with Crippen molar-refractivity contribution in [2.45, 2.75) is 18.9 Å². The molecular formula is C14H18BrFN2O2. The lowest BCUT2D eigenvalue weighted by Gasteiger charge is -2.34. The van der Waals surface area contributed by atoms with E-state index >= 15 is 0 Å². The van der Waals surface area contributed by atoms with Crippen LogP contribution in [0.25, 0.3) is 0 Å². The van der Waals surface area contributed by atoms with Gasteiger partial charge in [-0.1, -0.05) is 15.9 Å². The highest BCUT2D eigenvalue weighted by Crippen LogP contribution is 2.27. The number of carbonyl (C=O) groups is 1. The molecule has 2 N–H and O–H groups in total. The summed E-state index contributed by atoms with van der Waals surface area (Å²) in [6.45, 7) is 0.982. The van der Waals surface area contributed by atoms with Crippen molar-refractivity contribution in [3.05, 3.63) is 28.5 Å². The van der Waals surface area contributed by atoms with Gasteiger partial charge >= 0.3 is 0 Å². The largest absolute Gasteiger partial charge is 0.393 e. The average molecular weight is 345 g/mol. The Bertz CT molecular complexity index is 492. The SMILES string of the molecule is CN(CC(=O)Nc1ccc(Br)cc1F)CC1CC(O)C1. The first-order valence-corrected chi connectivity index (χ1v) is 7.35. The molecule has 4 nitrogen and oxygen atoms in total. The molecule has 0 aliphatic heterocycles. The number of hydrogen-bond donors (Lipinski definition) is 2. The van der Waals surface area contributed by atoms with Crippen LogP contribution in [0.15, 0.2) is 22.7 Å². The van der Waals surface area contributed by atoms with Gasteiger partial charge in [0.15, 0.2) is 0 Å². The van der Waals surface area contributed by atoms with E-state index in [1.165, 1.54) is 12.1 Å². The molecule has 110 valence electrons. The van der Waals surface area contributed by atoms with Crippen molar-refractivity contribution in [2.24, 2.45) is 5.92 Å².